The second-order valence-corrected chi connectivity index (χ2v) is 5.02. The van der Waals surface area contributed by atoms with Gasteiger partial charge in [-0.3, -0.25) is 4.68 Å². The fraction of sp³-hybridized carbons (Fsp3) is 0.308. The first-order valence-electron chi connectivity index (χ1n) is 5.71. The zero-order valence-electron chi connectivity index (χ0n) is 10.4. The molecule has 0 saturated carbocycles. The molecule has 3 nitrogen and oxygen atoms in total. The highest BCUT2D eigenvalue weighted by atomic mass is 35.5. The summed E-state index contributed by atoms with van der Waals surface area (Å²) >= 11 is 12.1. The molecule has 18 heavy (non-hydrogen) atoms. The van der Waals surface area contributed by atoms with E-state index in [1.54, 1.807) is 0 Å². The molecule has 0 spiro atoms. The van der Waals surface area contributed by atoms with Crippen molar-refractivity contribution in [1.82, 2.24) is 15.1 Å². The molecule has 96 valence electrons. The van der Waals surface area contributed by atoms with Crippen LogP contribution in [-0.4, -0.2) is 9.78 Å². The Balaban J connectivity index is 1.96. The van der Waals surface area contributed by atoms with E-state index in [0.29, 0.717) is 6.54 Å². The van der Waals surface area contributed by atoms with Gasteiger partial charge in [-0.15, -0.1) is 0 Å². The summed E-state index contributed by atoms with van der Waals surface area (Å²) in [5, 5.41) is 9.10. The fourth-order valence-corrected chi connectivity index (χ4v) is 2.28. The zero-order valence-corrected chi connectivity index (χ0v) is 11.9. The SMILES string of the molecule is Cc1nn(C)c(CNCc2cccc(Cl)c2)c1Cl. The molecule has 0 bridgehead atoms. The van der Waals surface area contributed by atoms with Crippen LogP contribution < -0.4 is 5.32 Å². The summed E-state index contributed by atoms with van der Waals surface area (Å²) in [6, 6.07) is 7.80. The van der Waals surface area contributed by atoms with E-state index in [2.05, 4.69) is 10.4 Å². The number of hydrogen-bond acceptors (Lipinski definition) is 2. The van der Waals surface area contributed by atoms with Crippen LogP contribution in [0, 0.1) is 6.92 Å². The lowest BCUT2D eigenvalue weighted by atomic mass is 10.2. The Kier molecular flexibility index (Phi) is 4.27. The van der Waals surface area contributed by atoms with Gasteiger partial charge in [-0.2, -0.15) is 5.10 Å². The Morgan fingerprint density at radius 2 is 2.06 bits per heavy atom. The van der Waals surface area contributed by atoms with Gasteiger partial charge in [0.1, 0.15) is 0 Å². The van der Waals surface area contributed by atoms with Crippen molar-refractivity contribution in [2.75, 3.05) is 0 Å². The predicted octanol–water partition coefficient (Wildman–Crippen LogP) is 3.33. The van der Waals surface area contributed by atoms with Crippen molar-refractivity contribution in [2.45, 2.75) is 20.0 Å². The van der Waals surface area contributed by atoms with E-state index in [0.717, 1.165) is 33.5 Å². The third-order valence-electron chi connectivity index (χ3n) is 2.77. The minimum absolute atomic E-state index is 0.683. The lowest BCUT2D eigenvalue weighted by Gasteiger charge is -2.06. The van der Waals surface area contributed by atoms with Crippen molar-refractivity contribution in [3.05, 3.63) is 51.3 Å². The fourth-order valence-electron chi connectivity index (χ4n) is 1.84. The third kappa shape index (κ3) is 3.05. The van der Waals surface area contributed by atoms with Gasteiger partial charge < -0.3 is 5.32 Å². The Labute approximate surface area is 117 Å². The molecule has 1 N–H and O–H groups in total. The third-order valence-corrected chi connectivity index (χ3v) is 3.50. The van der Waals surface area contributed by atoms with E-state index in [1.807, 2.05) is 42.9 Å². The Morgan fingerprint density at radius 3 is 2.67 bits per heavy atom. The molecule has 0 aliphatic carbocycles. The first-order valence-corrected chi connectivity index (χ1v) is 6.46. The number of aromatic nitrogens is 2. The zero-order chi connectivity index (χ0) is 13.1. The normalized spacial score (nSPS) is 10.9. The van der Waals surface area contributed by atoms with Gasteiger partial charge in [0.15, 0.2) is 0 Å². The van der Waals surface area contributed by atoms with Gasteiger partial charge in [0, 0.05) is 25.2 Å². The van der Waals surface area contributed by atoms with Gasteiger partial charge in [-0.05, 0) is 24.6 Å². The largest absolute Gasteiger partial charge is 0.307 e. The average Bonchev–Trinajstić information content (AvgIpc) is 2.56. The van der Waals surface area contributed by atoms with Crippen LogP contribution in [0.15, 0.2) is 24.3 Å². The quantitative estimate of drug-likeness (QED) is 0.933. The van der Waals surface area contributed by atoms with E-state index in [1.165, 1.54) is 0 Å². The molecule has 0 amide bonds. The molecule has 1 aromatic heterocycles. The molecule has 0 aliphatic heterocycles. The first-order chi connectivity index (χ1) is 8.58. The molecule has 0 unspecified atom stereocenters. The minimum Gasteiger partial charge on any atom is -0.307 e. The number of halogens is 2. The predicted molar refractivity (Wildman–Crippen MR) is 75.0 cm³/mol. The van der Waals surface area contributed by atoms with Crippen molar-refractivity contribution in [1.29, 1.82) is 0 Å². The summed E-state index contributed by atoms with van der Waals surface area (Å²) in [4.78, 5) is 0. The maximum atomic E-state index is 6.18. The number of nitrogens with zero attached hydrogens (tertiary/aromatic N) is 2. The highest BCUT2D eigenvalue weighted by Crippen LogP contribution is 2.19. The van der Waals surface area contributed by atoms with Gasteiger partial charge in [-0.25, -0.2) is 0 Å². The second kappa shape index (κ2) is 5.74. The van der Waals surface area contributed by atoms with Crippen LogP contribution in [0.4, 0.5) is 0 Å². The number of rotatable bonds is 4. The number of aryl methyl sites for hydroxylation is 2. The van der Waals surface area contributed by atoms with Crippen LogP contribution in [0.2, 0.25) is 10.0 Å². The van der Waals surface area contributed by atoms with Gasteiger partial charge in [0.25, 0.3) is 0 Å². The second-order valence-electron chi connectivity index (χ2n) is 4.20. The van der Waals surface area contributed by atoms with Crippen molar-refractivity contribution >= 4 is 23.2 Å². The van der Waals surface area contributed by atoms with Gasteiger partial charge in [0.05, 0.1) is 16.4 Å². The number of hydrogen-bond donors (Lipinski definition) is 1. The van der Waals surface area contributed by atoms with Crippen molar-refractivity contribution < 1.29 is 0 Å². The van der Waals surface area contributed by atoms with Gasteiger partial charge >= 0.3 is 0 Å². The van der Waals surface area contributed by atoms with Crippen LogP contribution >= 0.6 is 23.2 Å². The maximum Gasteiger partial charge on any atom is 0.0860 e. The summed E-state index contributed by atoms with van der Waals surface area (Å²) < 4.78 is 1.81. The van der Waals surface area contributed by atoms with Crippen molar-refractivity contribution in [3.8, 4) is 0 Å². The van der Waals surface area contributed by atoms with Crippen LogP contribution in [0.1, 0.15) is 17.0 Å². The van der Waals surface area contributed by atoms with E-state index in [9.17, 15) is 0 Å². The van der Waals surface area contributed by atoms with Crippen LogP contribution in [0.5, 0.6) is 0 Å². The molecule has 5 heteroatoms. The first kappa shape index (κ1) is 13.4. The molecule has 2 aromatic rings. The maximum absolute atomic E-state index is 6.18. The van der Waals surface area contributed by atoms with Gasteiger partial charge in [-0.1, -0.05) is 35.3 Å². The average molecular weight is 284 g/mol. The number of nitrogens with one attached hydrogen (secondary N) is 1. The van der Waals surface area contributed by atoms with Crippen molar-refractivity contribution in [3.63, 3.8) is 0 Å². The molecule has 2 rings (SSSR count). The smallest absolute Gasteiger partial charge is 0.0860 e. The van der Waals surface area contributed by atoms with E-state index in [-0.39, 0.29) is 0 Å². The summed E-state index contributed by atoms with van der Waals surface area (Å²) in [7, 11) is 1.90. The van der Waals surface area contributed by atoms with Gasteiger partial charge in [0.2, 0.25) is 0 Å². The summed E-state index contributed by atoms with van der Waals surface area (Å²) in [5.74, 6) is 0. The van der Waals surface area contributed by atoms with Crippen molar-refractivity contribution in [2.24, 2.45) is 7.05 Å². The highest BCUT2D eigenvalue weighted by molar-refractivity contribution is 6.31. The van der Waals surface area contributed by atoms with E-state index >= 15 is 0 Å². The molecule has 0 aliphatic rings. The highest BCUT2D eigenvalue weighted by Gasteiger charge is 2.10. The lowest BCUT2D eigenvalue weighted by Crippen LogP contribution is -2.15. The van der Waals surface area contributed by atoms with Crippen LogP contribution in [-0.2, 0) is 20.1 Å². The van der Waals surface area contributed by atoms with E-state index < -0.39 is 0 Å². The molecule has 0 saturated heterocycles. The molecular formula is C13H15Cl2N3. The summed E-state index contributed by atoms with van der Waals surface area (Å²) in [5.41, 5.74) is 3.01. The standard InChI is InChI=1S/C13H15Cl2N3/c1-9-13(15)12(18(2)17-9)8-16-7-10-4-3-5-11(14)6-10/h3-6,16H,7-8H2,1-2H3. The minimum atomic E-state index is 0.683. The van der Waals surface area contributed by atoms with Crippen LogP contribution in [0.25, 0.3) is 0 Å². The molecule has 0 fully saturated rings. The summed E-state index contributed by atoms with van der Waals surface area (Å²) in [6.45, 7) is 3.34. The molecule has 1 heterocycles. The number of benzene rings is 1. The Hall–Kier alpha value is -1.03. The summed E-state index contributed by atoms with van der Waals surface area (Å²) in [6.07, 6.45) is 0. The topological polar surface area (TPSA) is 29.9 Å². The van der Waals surface area contributed by atoms with E-state index in [4.69, 9.17) is 23.2 Å². The molecule has 0 atom stereocenters. The molecular weight excluding hydrogens is 269 g/mol. The van der Waals surface area contributed by atoms with Crippen LogP contribution in [0.3, 0.4) is 0 Å². The molecule has 0 radical (unpaired) electrons. The monoisotopic (exact) mass is 283 g/mol. The Bertz CT molecular complexity index is 549. The lowest BCUT2D eigenvalue weighted by molar-refractivity contribution is 0.625. The molecule has 1 aromatic carbocycles. The Morgan fingerprint density at radius 1 is 1.28 bits per heavy atom.